The van der Waals surface area contributed by atoms with Crippen LogP contribution in [0, 0.1) is 6.92 Å². The minimum Gasteiger partial charge on any atom is -0.294 e. The van der Waals surface area contributed by atoms with Gasteiger partial charge in [-0.3, -0.25) is 4.79 Å². The van der Waals surface area contributed by atoms with Crippen molar-refractivity contribution in [2.24, 2.45) is 0 Å². The highest BCUT2D eigenvalue weighted by Gasteiger charge is 2.05. The molecule has 54 valence electrons. The van der Waals surface area contributed by atoms with Gasteiger partial charge in [-0.1, -0.05) is 0 Å². The zero-order valence-corrected chi connectivity index (χ0v) is 8.17. The largest absolute Gasteiger partial charge is 0.294 e. The topological polar surface area (TPSA) is 17.1 Å². The zero-order chi connectivity index (χ0) is 7.72. The lowest BCUT2D eigenvalue weighted by Crippen LogP contribution is -1.83. The molecule has 0 aromatic carbocycles. The lowest BCUT2D eigenvalue weighted by Gasteiger charge is -1.80. The molecule has 0 N–H and O–H groups in total. The number of thiophene rings is 1. The number of Topliss-reactive ketones (excluding diaryl/α,β-unsaturated/α-hetero) is 1. The molecule has 0 spiro atoms. The fraction of sp³-hybridized carbons (Fsp3) is 0.286. The van der Waals surface area contributed by atoms with Crippen molar-refractivity contribution in [2.75, 3.05) is 0 Å². The summed E-state index contributed by atoms with van der Waals surface area (Å²) >= 11 is 4.84. The fourth-order valence-electron chi connectivity index (χ4n) is 0.633. The van der Waals surface area contributed by atoms with Gasteiger partial charge in [-0.25, -0.2) is 0 Å². The number of carbonyl (C=O) groups is 1. The molecule has 0 aliphatic carbocycles. The van der Waals surface area contributed by atoms with Crippen LogP contribution in [0.5, 0.6) is 0 Å². The molecule has 0 radical (unpaired) electrons. The third-order valence-corrected chi connectivity index (χ3v) is 3.44. The molecule has 3 heteroatoms. The van der Waals surface area contributed by atoms with Crippen LogP contribution in [-0.4, -0.2) is 5.78 Å². The van der Waals surface area contributed by atoms with Crippen molar-refractivity contribution in [1.29, 1.82) is 0 Å². The first-order valence-corrected chi connectivity index (χ1v) is 4.49. The van der Waals surface area contributed by atoms with Crippen LogP contribution < -0.4 is 0 Å². The van der Waals surface area contributed by atoms with E-state index in [4.69, 9.17) is 0 Å². The molecule has 1 heterocycles. The summed E-state index contributed by atoms with van der Waals surface area (Å²) in [5.41, 5.74) is 1.13. The van der Waals surface area contributed by atoms with Crippen molar-refractivity contribution in [1.82, 2.24) is 0 Å². The SMILES string of the molecule is CC(=O)c1cc(C)c(Br)s1. The van der Waals surface area contributed by atoms with Crippen LogP contribution in [0.1, 0.15) is 22.2 Å². The Morgan fingerprint density at radius 1 is 1.70 bits per heavy atom. The molecule has 1 aromatic heterocycles. The summed E-state index contributed by atoms with van der Waals surface area (Å²) in [7, 11) is 0. The van der Waals surface area contributed by atoms with Gasteiger partial charge < -0.3 is 0 Å². The van der Waals surface area contributed by atoms with Crippen molar-refractivity contribution in [3.8, 4) is 0 Å². The monoisotopic (exact) mass is 218 g/mol. The van der Waals surface area contributed by atoms with Crippen LogP contribution in [0.3, 0.4) is 0 Å². The number of halogens is 1. The van der Waals surface area contributed by atoms with Crippen molar-refractivity contribution in [3.63, 3.8) is 0 Å². The molecule has 10 heavy (non-hydrogen) atoms. The van der Waals surface area contributed by atoms with E-state index >= 15 is 0 Å². The third-order valence-electron chi connectivity index (χ3n) is 1.20. The quantitative estimate of drug-likeness (QED) is 0.663. The molecule has 0 unspecified atom stereocenters. The average molecular weight is 219 g/mol. The molecular formula is C7H7BrOS. The van der Waals surface area contributed by atoms with Crippen LogP contribution in [0.2, 0.25) is 0 Å². The lowest BCUT2D eigenvalue weighted by atomic mass is 10.3. The molecule has 0 amide bonds. The first-order valence-electron chi connectivity index (χ1n) is 2.88. The fourth-order valence-corrected chi connectivity index (χ4v) is 2.06. The molecule has 0 saturated heterocycles. The van der Waals surface area contributed by atoms with Crippen molar-refractivity contribution in [3.05, 3.63) is 20.3 Å². The summed E-state index contributed by atoms with van der Waals surface area (Å²) in [6.07, 6.45) is 0. The standard InChI is InChI=1S/C7H7BrOS/c1-4-3-6(5(2)9)10-7(4)8/h3H,1-2H3. The summed E-state index contributed by atoms with van der Waals surface area (Å²) in [4.78, 5) is 11.6. The Kier molecular flexibility index (Phi) is 2.26. The van der Waals surface area contributed by atoms with E-state index in [0.29, 0.717) is 0 Å². The van der Waals surface area contributed by atoms with E-state index in [2.05, 4.69) is 15.9 Å². The molecule has 1 rings (SSSR count). The molecule has 0 aliphatic heterocycles. The summed E-state index contributed by atoms with van der Waals surface area (Å²) in [6.45, 7) is 3.56. The van der Waals surface area contributed by atoms with E-state index in [-0.39, 0.29) is 5.78 Å². The van der Waals surface area contributed by atoms with Crippen molar-refractivity contribution >= 4 is 33.0 Å². The third kappa shape index (κ3) is 1.47. The van der Waals surface area contributed by atoms with Gasteiger partial charge in [0.1, 0.15) is 0 Å². The van der Waals surface area contributed by atoms with Crippen LogP contribution in [0.15, 0.2) is 9.85 Å². The Hall–Kier alpha value is -0.150. The summed E-state index contributed by atoms with van der Waals surface area (Å²) < 4.78 is 1.05. The van der Waals surface area contributed by atoms with Gasteiger partial charge in [0.2, 0.25) is 0 Å². The van der Waals surface area contributed by atoms with Crippen molar-refractivity contribution in [2.45, 2.75) is 13.8 Å². The highest BCUT2D eigenvalue weighted by molar-refractivity contribution is 9.11. The maximum atomic E-state index is 10.8. The number of aryl methyl sites for hydroxylation is 1. The van der Waals surface area contributed by atoms with Crippen LogP contribution >= 0.6 is 27.3 Å². The second-order valence-electron chi connectivity index (χ2n) is 2.12. The van der Waals surface area contributed by atoms with E-state index in [0.717, 1.165) is 14.2 Å². The normalized spacial score (nSPS) is 9.90. The van der Waals surface area contributed by atoms with E-state index in [1.54, 1.807) is 6.92 Å². The van der Waals surface area contributed by atoms with Gasteiger partial charge in [0.05, 0.1) is 8.66 Å². The van der Waals surface area contributed by atoms with Crippen LogP contribution in [0.4, 0.5) is 0 Å². The predicted molar refractivity (Wildman–Crippen MR) is 46.8 cm³/mol. The summed E-state index contributed by atoms with van der Waals surface area (Å²) in [5.74, 6) is 0.138. The number of rotatable bonds is 1. The number of hydrogen-bond acceptors (Lipinski definition) is 2. The predicted octanol–water partition coefficient (Wildman–Crippen LogP) is 3.02. The van der Waals surface area contributed by atoms with Gasteiger partial charge in [-0.05, 0) is 41.4 Å². The average Bonchev–Trinajstić information content (AvgIpc) is 2.13. The molecule has 0 bridgehead atoms. The first-order chi connectivity index (χ1) is 4.61. The van der Waals surface area contributed by atoms with Gasteiger partial charge in [-0.2, -0.15) is 0 Å². The van der Waals surface area contributed by atoms with Gasteiger partial charge >= 0.3 is 0 Å². The van der Waals surface area contributed by atoms with Gasteiger partial charge in [0, 0.05) is 0 Å². The number of hydrogen-bond donors (Lipinski definition) is 0. The maximum Gasteiger partial charge on any atom is 0.169 e. The smallest absolute Gasteiger partial charge is 0.169 e. The van der Waals surface area contributed by atoms with E-state index in [1.165, 1.54) is 11.3 Å². The highest BCUT2D eigenvalue weighted by Crippen LogP contribution is 2.27. The number of ketones is 1. The Morgan fingerprint density at radius 2 is 2.30 bits per heavy atom. The molecule has 0 aliphatic rings. The van der Waals surface area contributed by atoms with Crippen LogP contribution in [0.25, 0.3) is 0 Å². The highest BCUT2D eigenvalue weighted by atomic mass is 79.9. The minimum atomic E-state index is 0.138. The second-order valence-corrected chi connectivity index (χ2v) is 4.49. The van der Waals surface area contributed by atoms with E-state index < -0.39 is 0 Å². The summed E-state index contributed by atoms with van der Waals surface area (Å²) in [6, 6.07) is 1.90. The van der Waals surface area contributed by atoms with E-state index in [1.807, 2.05) is 13.0 Å². The summed E-state index contributed by atoms with van der Waals surface area (Å²) in [5, 5.41) is 0. The Balaban J connectivity index is 3.10. The number of carbonyl (C=O) groups excluding carboxylic acids is 1. The van der Waals surface area contributed by atoms with Gasteiger partial charge in [0.25, 0.3) is 0 Å². The van der Waals surface area contributed by atoms with Gasteiger partial charge in [0.15, 0.2) is 5.78 Å². The van der Waals surface area contributed by atoms with Crippen LogP contribution in [-0.2, 0) is 0 Å². The molecule has 1 aromatic rings. The Bertz CT molecular complexity index is 245. The molecule has 0 atom stereocenters. The minimum absolute atomic E-state index is 0.138. The molecular weight excluding hydrogens is 212 g/mol. The lowest BCUT2D eigenvalue weighted by molar-refractivity contribution is 0.102. The molecule has 0 saturated carbocycles. The van der Waals surface area contributed by atoms with Gasteiger partial charge in [-0.15, -0.1) is 11.3 Å². The Morgan fingerprint density at radius 3 is 2.50 bits per heavy atom. The maximum absolute atomic E-state index is 10.8. The molecule has 1 nitrogen and oxygen atoms in total. The van der Waals surface area contributed by atoms with E-state index in [9.17, 15) is 4.79 Å². The Labute approximate surface area is 72.2 Å². The first kappa shape index (κ1) is 7.95. The second kappa shape index (κ2) is 2.84. The molecule has 0 fully saturated rings. The van der Waals surface area contributed by atoms with Crippen molar-refractivity contribution < 1.29 is 4.79 Å². The zero-order valence-electron chi connectivity index (χ0n) is 5.77.